The van der Waals surface area contributed by atoms with E-state index in [-0.39, 0.29) is 6.67 Å². The highest BCUT2D eigenvalue weighted by Gasteiger charge is 2.05. The van der Waals surface area contributed by atoms with Crippen molar-refractivity contribution in [3.63, 3.8) is 0 Å². The predicted octanol–water partition coefficient (Wildman–Crippen LogP) is 1.12. The van der Waals surface area contributed by atoms with Crippen LogP contribution in [0.15, 0.2) is 5.16 Å². The number of nitrogens with zero attached hydrogens (tertiary/aromatic N) is 4. The standard InChI is InChI=1S/C9H18FN5S/c1-2-5-11-6-7-15-9(12-13-14-15)16-8-3-4-10/h11H,2-8H2,1H3. The van der Waals surface area contributed by atoms with E-state index in [4.69, 9.17) is 0 Å². The van der Waals surface area contributed by atoms with Crippen LogP contribution in [0.1, 0.15) is 19.8 Å². The molecule has 0 saturated carbocycles. The fourth-order valence-electron chi connectivity index (χ4n) is 1.14. The number of aromatic nitrogens is 4. The van der Waals surface area contributed by atoms with Crippen LogP contribution in [-0.4, -0.2) is 45.7 Å². The van der Waals surface area contributed by atoms with Crippen molar-refractivity contribution in [2.45, 2.75) is 31.5 Å². The predicted molar refractivity (Wildman–Crippen MR) is 62.3 cm³/mol. The van der Waals surface area contributed by atoms with E-state index in [9.17, 15) is 4.39 Å². The van der Waals surface area contributed by atoms with Crippen LogP contribution in [0, 0.1) is 0 Å². The van der Waals surface area contributed by atoms with Gasteiger partial charge in [0.1, 0.15) is 0 Å². The van der Waals surface area contributed by atoms with Crippen LogP contribution >= 0.6 is 11.8 Å². The second kappa shape index (κ2) is 8.46. The van der Waals surface area contributed by atoms with Gasteiger partial charge in [0.2, 0.25) is 5.16 Å². The van der Waals surface area contributed by atoms with Crippen molar-refractivity contribution < 1.29 is 4.39 Å². The van der Waals surface area contributed by atoms with Crippen LogP contribution in [0.3, 0.4) is 0 Å². The summed E-state index contributed by atoms with van der Waals surface area (Å²) in [6.07, 6.45) is 1.67. The average Bonchev–Trinajstić information content (AvgIpc) is 2.73. The van der Waals surface area contributed by atoms with Crippen LogP contribution in [0.5, 0.6) is 0 Å². The Hall–Kier alpha value is -0.690. The summed E-state index contributed by atoms with van der Waals surface area (Å²) in [4.78, 5) is 0. The second-order valence-electron chi connectivity index (χ2n) is 3.33. The molecule has 0 saturated heterocycles. The fourth-order valence-corrected chi connectivity index (χ4v) is 1.95. The molecular weight excluding hydrogens is 229 g/mol. The smallest absolute Gasteiger partial charge is 0.209 e. The van der Waals surface area contributed by atoms with Gasteiger partial charge in [0.15, 0.2) is 0 Å². The second-order valence-corrected chi connectivity index (χ2v) is 4.39. The van der Waals surface area contributed by atoms with Gasteiger partial charge in [0, 0.05) is 12.3 Å². The third-order valence-electron chi connectivity index (χ3n) is 1.94. The minimum absolute atomic E-state index is 0.285. The molecule has 7 heteroatoms. The normalized spacial score (nSPS) is 10.9. The van der Waals surface area contributed by atoms with Crippen molar-refractivity contribution in [3.05, 3.63) is 0 Å². The summed E-state index contributed by atoms with van der Waals surface area (Å²) >= 11 is 1.50. The van der Waals surface area contributed by atoms with Crippen molar-refractivity contribution in [2.24, 2.45) is 0 Å². The van der Waals surface area contributed by atoms with E-state index in [0.29, 0.717) is 6.42 Å². The van der Waals surface area contributed by atoms with Gasteiger partial charge in [-0.05, 0) is 29.8 Å². The number of halogens is 1. The van der Waals surface area contributed by atoms with Gasteiger partial charge in [-0.25, -0.2) is 4.68 Å². The zero-order valence-electron chi connectivity index (χ0n) is 9.52. The van der Waals surface area contributed by atoms with Gasteiger partial charge in [-0.1, -0.05) is 18.7 Å². The van der Waals surface area contributed by atoms with Crippen molar-refractivity contribution in [2.75, 3.05) is 25.5 Å². The summed E-state index contributed by atoms with van der Waals surface area (Å²) in [7, 11) is 0. The lowest BCUT2D eigenvalue weighted by Gasteiger charge is -2.04. The minimum Gasteiger partial charge on any atom is -0.315 e. The molecule has 0 aliphatic rings. The Labute approximate surface area is 99.2 Å². The van der Waals surface area contributed by atoms with Gasteiger partial charge in [0.25, 0.3) is 0 Å². The van der Waals surface area contributed by atoms with E-state index in [0.717, 1.165) is 37.0 Å². The van der Waals surface area contributed by atoms with E-state index in [2.05, 4.69) is 27.8 Å². The molecule has 0 atom stereocenters. The van der Waals surface area contributed by atoms with Gasteiger partial charge >= 0.3 is 0 Å². The molecule has 1 aromatic rings. The summed E-state index contributed by atoms with van der Waals surface area (Å²) in [5.41, 5.74) is 0. The Morgan fingerprint density at radius 2 is 2.31 bits per heavy atom. The molecule has 1 heterocycles. The maximum atomic E-state index is 11.9. The lowest BCUT2D eigenvalue weighted by atomic mass is 10.5. The topological polar surface area (TPSA) is 55.6 Å². The minimum atomic E-state index is -0.285. The molecule has 0 radical (unpaired) electrons. The van der Waals surface area contributed by atoms with Crippen molar-refractivity contribution >= 4 is 11.8 Å². The first kappa shape index (κ1) is 13.4. The number of thioether (sulfide) groups is 1. The molecule has 0 spiro atoms. The molecular formula is C9H18FN5S. The Bertz CT molecular complexity index is 281. The van der Waals surface area contributed by atoms with Gasteiger partial charge in [-0.3, -0.25) is 4.39 Å². The Morgan fingerprint density at radius 1 is 1.44 bits per heavy atom. The van der Waals surface area contributed by atoms with E-state index in [1.165, 1.54) is 11.8 Å². The molecule has 1 aromatic heterocycles. The molecule has 1 rings (SSSR count). The largest absolute Gasteiger partial charge is 0.315 e. The first-order chi connectivity index (χ1) is 7.88. The van der Waals surface area contributed by atoms with Gasteiger partial charge in [0.05, 0.1) is 13.2 Å². The number of alkyl halides is 1. The van der Waals surface area contributed by atoms with Crippen LogP contribution in [-0.2, 0) is 6.54 Å². The number of nitrogens with one attached hydrogen (secondary N) is 1. The molecule has 0 aliphatic heterocycles. The molecule has 0 bridgehead atoms. The third kappa shape index (κ3) is 4.89. The number of rotatable bonds is 9. The zero-order chi connectivity index (χ0) is 11.6. The summed E-state index contributed by atoms with van der Waals surface area (Å²) in [5, 5.41) is 15.5. The van der Waals surface area contributed by atoms with Crippen molar-refractivity contribution in [1.82, 2.24) is 25.5 Å². The summed E-state index contributed by atoms with van der Waals surface area (Å²) in [6.45, 7) is 4.46. The fraction of sp³-hybridized carbons (Fsp3) is 0.889. The maximum Gasteiger partial charge on any atom is 0.209 e. The summed E-state index contributed by atoms with van der Waals surface area (Å²) in [6, 6.07) is 0. The highest BCUT2D eigenvalue weighted by molar-refractivity contribution is 7.99. The van der Waals surface area contributed by atoms with E-state index in [1.807, 2.05) is 0 Å². The highest BCUT2D eigenvalue weighted by Crippen LogP contribution is 2.14. The molecule has 0 unspecified atom stereocenters. The Kier molecular flexibility index (Phi) is 7.07. The van der Waals surface area contributed by atoms with Crippen LogP contribution in [0.2, 0.25) is 0 Å². The van der Waals surface area contributed by atoms with Crippen molar-refractivity contribution in [3.8, 4) is 0 Å². The number of tetrazole rings is 1. The quantitative estimate of drug-likeness (QED) is 0.523. The molecule has 0 amide bonds. The van der Waals surface area contributed by atoms with Crippen molar-refractivity contribution in [1.29, 1.82) is 0 Å². The lowest BCUT2D eigenvalue weighted by Crippen LogP contribution is -2.21. The molecule has 1 N–H and O–H groups in total. The highest BCUT2D eigenvalue weighted by atomic mass is 32.2. The first-order valence-electron chi connectivity index (χ1n) is 5.54. The Morgan fingerprint density at radius 3 is 3.06 bits per heavy atom. The molecule has 0 aliphatic carbocycles. The van der Waals surface area contributed by atoms with Crippen LogP contribution in [0.4, 0.5) is 4.39 Å². The van der Waals surface area contributed by atoms with Gasteiger partial charge in [-0.15, -0.1) is 5.10 Å². The lowest BCUT2D eigenvalue weighted by molar-refractivity contribution is 0.488. The van der Waals surface area contributed by atoms with E-state index >= 15 is 0 Å². The van der Waals surface area contributed by atoms with E-state index < -0.39 is 0 Å². The maximum absolute atomic E-state index is 11.9. The number of hydrogen-bond acceptors (Lipinski definition) is 5. The third-order valence-corrected chi connectivity index (χ3v) is 2.98. The first-order valence-corrected chi connectivity index (χ1v) is 6.52. The monoisotopic (exact) mass is 247 g/mol. The van der Waals surface area contributed by atoms with Gasteiger partial charge in [-0.2, -0.15) is 0 Å². The molecule has 0 aromatic carbocycles. The summed E-state index contributed by atoms with van der Waals surface area (Å²) in [5.74, 6) is 0.721. The van der Waals surface area contributed by atoms with Crippen LogP contribution in [0.25, 0.3) is 0 Å². The molecule has 92 valence electrons. The average molecular weight is 247 g/mol. The SMILES string of the molecule is CCCNCCn1nnnc1SCCCF. The summed E-state index contributed by atoms with van der Waals surface area (Å²) < 4.78 is 13.7. The van der Waals surface area contributed by atoms with Crippen LogP contribution < -0.4 is 5.32 Å². The van der Waals surface area contributed by atoms with Gasteiger partial charge < -0.3 is 5.32 Å². The molecule has 5 nitrogen and oxygen atoms in total. The Balaban J connectivity index is 2.26. The number of hydrogen-bond donors (Lipinski definition) is 1. The van der Waals surface area contributed by atoms with E-state index in [1.54, 1.807) is 4.68 Å². The molecule has 16 heavy (non-hydrogen) atoms. The zero-order valence-corrected chi connectivity index (χ0v) is 10.3. The molecule has 0 fully saturated rings.